The van der Waals surface area contributed by atoms with E-state index in [1.54, 1.807) is 11.6 Å². The van der Waals surface area contributed by atoms with Gasteiger partial charge < -0.3 is 5.11 Å². The molecule has 5 heteroatoms. The molecule has 0 amide bonds. The van der Waals surface area contributed by atoms with E-state index < -0.39 is 0 Å². The van der Waals surface area contributed by atoms with Gasteiger partial charge in [0.2, 0.25) is 0 Å². The minimum Gasteiger partial charge on any atom is -0.393 e. The minimum atomic E-state index is -0.271. The van der Waals surface area contributed by atoms with E-state index in [4.69, 9.17) is 10.4 Å². The number of nitriles is 1. The second-order valence-electron chi connectivity index (χ2n) is 3.67. The molecule has 0 bridgehead atoms. The fraction of sp³-hybridized carbons (Fsp3) is 0.700. The van der Waals surface area contributed by atoms with Crippen LogP contribution in [0.5, 0.6) is 0 Å². The highest BCUT2D eigenvalue weighted by Crippen LogP contribution is 2.06. The molecule has 1 aromatic heterocycles. The van der Waals surface area contributed by atoms with Crippen LogP contribution in [-0.4, -0.2) is 26.2 Å². The Morgan fingerprint density at radius 3 is 2.93 bits per heavy atom. The van der Waals surface area contributed by atoms with Gasteiger partial charge in [-0.05, 0) is 26.7 Å². The second-order valence-corrected chi connectivity index (χ2v) is 3.67. The zero-order valence-electron chi connectivity index (χ0n) is 9.14. The van der Waals surface area contributed by atoms with Crippen LogP contribution in [0.2, 0.25) is 0 Å². The van der Waals surface area contributed by atoms with E-state index in [-0.39, 0.29) is 6.10 Å². The highest BCUT2D eigenvalue weighted by Gasteiger charge is 2.07. The van der Waals surface area contributed by atoms with E-state index in [0.717, 1.165) is 30.8 Å². The molecule has 0 radical (unpaired) electrons. The van der Waals surface area contributed by atoms with E-state index in [9.17, 15) is 0 Å². The number of aliphatic hydroxyl groups excluding tert-OH is 1. The van der Waals surface area contributed by atoms with Gasteiger partial charge in [-0.15, -0.1) is 5.10 Å². The van der Waals surface area contributed by atoms with E-state index in [1.165, 1.54) is 0 Å². The number of aromatic nitrogens is 3. The molecule has 5 nitrogen and oxygen atoms in total. The fourth-order valence-electron chi connectivity index (χ4n) is 1.38. The summed E-state index contributed by atoms with van der Waals surface area (Å²) in [4.78, 5) is 0. The van der Waals surface area contributed by atoms with Gasteiger partial charge >= 0.3 is 0 Å². The minimum absolute atomic E-state index is 0.271. The van der Waals surface area contributed by atoms with Gasteiger partial charge in [-0.3, -0.25) is 0 Å². The molecule has 0 saturated heterocycles. The van der Waals surface area contributed by atoms with Crippen molar-refractivity contribution in [1.82, 2.24) is 15.0 Å². The SMILES string of the molecule is Cc1c(CC#N)nnn1CCCC(C)O. The molecule has 0 saturated carbocycles. The van der Waals surface area contributed by atoms with Gasteiger partial charge in [0, 0.05) is 6.54 Å². The van der Waals surface area contributed by atoms with Crippen LogP contribution in [0.1, 0.15) is 31.2 Å². The summed E-state index contributed by atoms with van der Waals surface area (Å²) in [6, 6.07) is 2.06. The number of hydrogen-bond acceptors (Lipinski definition) is 4. The molecule has 0 aliphatic carbocycles. The smallest absolute Gasteiger partial charge is 0.0996 e. The van der Waals surface area contributed by atoms with Gasteiger partial charge in [-0.1, -0.05) is 5.21 Å². The predicted molar refractivity (Wildman–Crippen MR) is 55.0 cm³/mol. The highest BCUT2D eigenvalue weighted by molar-refractivity contribution is 5.11. The molecule has 0 aliphatic heterocycles. The van der Waals surface area contributed by atoms with Crippen LogP contribution >= 0.6 is 0 Å². The van der Waals surface area contributed by atoms with E-state index in [2.05, 4.69) is 16.4 Å². The Morgan fingerprint density at radius 2 is 2.33 bits per heavy atom. The maximum Gasteiger partial charge on any atom is 0.0996 e. The van der Waals surface area contributed by atoms with Crippen molar-refractivity contribution in [1.29, 1.82) is 5.26 Å². The zero-order valence-corrected chi connectivity index (χ0v) is 9.14. The number of hydrogen-bond donors (Lipinski definition) is 1. The van der Waals surface area contributed by atoms with Gasteiger partial charge in [0.15, 0.2) is 0 Å². The topological polar surface area (TPSA) is 74.7 Å². The summed E-state index contributed by atoms with van der Waals surface area (Å²) in [6.07, 6.45) is 1.66. The first-order chi connectivity index (χ1) is 7.15. The van der Waals surface area contributed by atoms with Crippen LogP contribution in [0.15, 0.2) is 0 Å². The van der Waals surface area contributed by atoms with Crippen molar-refractivity contribution < 1.29 is 5.11 Å². The molecule has 1 aromatic rings. The van der Waals surface area contributed by atoms with Crippen LogP contribution in [0, 0.1) is 18.3 Å². The molecule has 1 heterocycles. The van der Waals surface area contributed by atoms with Crippen LogP contribution in [0.3, 0.4) is 0 Å². The molecular weight excluding hydrogens is 192 g/mol. The lowest BCUT2D eigenvalue weighted by Gasteiger charge is -2.05. The Balaban J connectivity index is 2.52. The predicted octanol–water partition coefficient (Wildman–Crippen LogP) is 0.814. The van der Waals surface area contributed by atoms with Gasteiger partial charge in [-0.25, -0.2) is 4.68 Å². The largest absolute Gasteiger partial charge is 0.393 e. The van der Waals surface area contributed by atoms with Gasteiger partial charge in [0.05, 0.1) is 30.0 Å². The van der Waals surface area contributed by atoms with Gasteiger partial charge in [0.25, 0.3) is 0 Å². The first-order valence-electron chi connectivity index (χ1n) is 5.09. The summed E-state index contributed by atoms with van der Waals surface area (Å²) in [5, 5.41) is 25.5. The quantitative estimate of drug-likeness (QED) is 0.777. The van der Waals surface area contributed by atoms with Crippen molar-refractivity contribution >= 4 is 0 Å². The summed E-state index contributed by atoms with van der Waals surface area (Å²) in [5.74, 6) is 0. The van der Waals surface area contributed by atoms with Crippen LogP contribution in [0.4, 0.5) is 0 Å². The molecule has 82 valence electrons. The van der Waals surface area contributed by atoms with Crippen molar-refractivity contribution in [2.45, 2.75) is 45.8 Å². The molecule has 1 unspecified atom stereocenters. The molecule has 1 rings (SSSR count). The van der Waals surface area contributed by atoms with E-state index in [1.807, 2.05) is 6.92 Å². The molecule has 0 spiro atoms. The summed E-state index contributed by atoms with van der Waals surface area (Å²) < 4.78 is 1.79. The van der Waals surface area contributed by atoms with Gasteiger partial charge in [0.1, 0.15) is 0 Å². The van der Waals surface area contributed by atoms with E-state index in [0.29, 0.717) is 6.42 Å². The summed E-state index contributed by atoms with van der Waals surface area (Å²) in [6.45, 7) is 4.43. The van der Waals surface area contributed by atoms with Crippen LogP contribution in [0.25, 0.3) is 0 Å². The summed E-state index contributed by atoms with van der Waals surface area (Å²) >= 11 is 0. The molecule has 0 aliphatic rings. The first-order valence-corrected chi connectivity index (χ1v) is 5.09. The molecule has 0 aromatic carbocycles. The lowest BCUT2D eigenvalue weighted by atomic mass is 10.2. The maximum atomic E-state index is 9.10. The molecule has 1 atom stereocenters. The monoisotopic (exact) mass is 208 g/mol. The Kier molecular flexibility index (Phi) is 4.25. The third kappa shape index (κ3) is 3.33. The fourth-order valence-corrected chi connectivity index (χ4v) is 1.38. The third-order valence-corrected chi connectivity index (χ3v) is 2.32. The zero-order chi connectivity index (χ0) is 11.3. The third-order valence-electron chi connectivity index (χ3n) is 2.32. The van der Waals surface area contributed by atoms with Gasteiger partial charge in [-0.2, -0.15) is 5.26 Å². The van der Waals surface area contributed by atoms with Crippen LogP contribution < -0.4 is 0 Å². The summed E-state index contributed by atoms with van der Waals surface area (Å²) in [5.41, 5.74) is 1.69. The average molecular weight is 208 g/mol. The Morgan fingerprint density at radius 1 is 1.60 bits per heavy atom. The van der Waals surface area contributed by atoms with Crippen molar-refractivity contribution in [2.75, 3.05) is 0 Å². The molecule has 1 N–H and O–H groups in total. The lowest BCUT2D eigenvalue weighted by molar-refractivity contribution is 0.178. The first kappa shape index (κ1) is 11.7. The number of aliphatic hydroxyl groups is 1. The highest BCUT2D eigenvalue weighted by atomic mass is 16.3. The average Bonchev–Trinajstić information content (AvgIpc) is 2.50. The molecular formula is C10H16N4O. The maximum absolute atomic E-state index is 9.10. The van der Waals surface area contributed by atoms with Crippen molar-refractivity contribution in [3.8, 4) is 6.07 Å². The molecule has 15 heavy (non-hydrogen) atoms. The second kappa shape index (κ2) is 5.47. The van der Waals surface area contributed by atoms with Crippen molar-refractivity contribution in [3.05, 3.63) is 11.4 Å². The lowest BCUT2D eigenvalue weighted by Crippen LogP contribution is -2.06. The standard InChI is InChI=1S/C10H16N4O/c1-8(15)4-3-7-14-9(2)10(5-6-11)12-13-14/h8,15H,3-5,7H2,1-2H3. The number of rotatable bonds is 5. The normalized spacial score (nSPS) is 12.4. The summed E-state index contributed by atoms with van der Waals surface area (Å²) in [7, 11) is 0. The Bertz CT molecular complexity index is 351. The number of nitrogens with zero attached hydrogens (tertiary/aromatic N) is 4. The van der Waals surface area contributed by atoms with Crippen LogP contribution in [-0.2, 0) is 13.0 Å². The van der Waals surface area contributed by atoms with Crippen molar-refractivity contribution in [3.63, 3.8) is 0 Å². The van der Waals surface area contributed by atoms with E-state index >= 15 is 0 Å². The molecule has 0 fully saturated rings. The Labute approximate surface area is 89.3 Å². The number of aryl methyl sites for hydroxylation is 1. The van der Waals surface area contributed by atoms with Crippen molar-refractivity contribution in [2.24, 2.45) is 0 Å². The Hall–Kier alpha value is -1.41.